The first kappa shape index (κ1) is 10.6. The van der Waals surface area contributed by atoms with E-state index in [0.717, 1.165) is 5.69 Å². The molecule has 0 unspecified atom stereocenters. The Morgan fingerprint density at radius 2 is 1.93 bits per heavy atom. The SMILES string of the molecule is CC.Cc1cc2c(F)c(O)ccc2[nH]1. The summed E-state index contributed by atoms with van der Waals surface area (Å²) in [4.78, 5) is 2.98. The maximum absolute atomic E-state index is 13.1. The highest BCUT2D eigenvalue weighted by atomic mass is 19.1. The van der Waals surface area contributed by atoms with Crippen molar-refractivity contribution in [3.63, 3.8) is 0 Å². The van der Waals surface area contributed by atoms with Crippen LogP contribution in [0.5, 0.6) is 5.75 Å². The molecule has 2 N–H and O–H groups in total. The van der Waals surface area contributed by atoms with Gasteiger partial charge in [-0.1, -0.05) is 13.8 Å². The standard InChI is InChI=1S/C9H8FNO.C2H6/c1-5-4-6-7(11-5)2-3-8(12)9(6)10;1-2/h2-4,11-12H,1H3;1-2H3. The minimum absolute atomic E-state index is 0.304. The summed E-state index contributed by atoms with van der Waals surface area (Å²) in [5.41, 5.74) is 1.59. The lowest BCUT2D eigenvalue weighted by molar-refractivity contribution is 0.436. The minimum atomic E-state index is -0.558. The third-order valence-electron chi connectivity index (χ3n) is 1.85. The van der Waals surface area contributed by atoms with Crippen molar-refractivity contribution in [3.05, 3.63) is 29.7 Å². The number of nitrogens with one attached hydrogen (secondary N) is 1. The number of aromatic amines is 1. The van der Waals surface area contributed by atoms with Crippen LogP contribution in [0.25, 0.3) is 10.9 Å². The van der Waals surface area contributed by atoms with E-state index < -0.39 is 5.82 Å². The number of phenols is 1. The minimum Gasteiger partial charge on any atom is -0.505 e. The highest BCUT2D eigenvalue weighted by Crippen LogP contribution is 2.25. The van der Waals surface area contributed by atoms with Crippen LogP contribution in [0, 0.1) is 12.7 Å². The summed E-state index contributed by atoms with van der Waals surface area (Å²) in [5.74, 6) is -0.863. The van der Waals surface area contributed by atoms with Crippen molar-refractivity contribution in [2.45, 2.75) is 20.8 Å². The molecule has 1 aromatic carbocycles. The fraction of sp³-hybridized carbons (Fsp3) is 0.273. The van der Waals surface area contributed by atoms with Gasteiger partial charge in [0.15, 0.2) is 11.6 Å². The van der Waals surface area contributed by atoms with E-state index in [0.29, 0.717) is 10.9 Å². The lowest BCUT2D eigenvalue weighted by Gasteiger charge is -1.94. The molecule has 0 saturated carbocycles. The number of phenolic OH excluding ortho intramolecular Hbond substituents is 1. The van der Waals surface area contributed by atoms with Crippen LogP contribution in [0.3, 0.4) is 0 Å². The van der Waals surface area contributed by atoms with E-state index in [1.54, 1.807) is 12.1 Å². The van der Waals surface area contributed by atoms with Gasteiger partial charge in [0.25, 0.3) is 0 Å². The highest BCUT2D eigenvalue weighted by molar-refractivity contribution is 5.82. The molecule has 0 atom stereocenters. The van der Waals surface area contributed by atoms with Crippen LogP contribution in [0.4, 0.5) is 4.39 Å². The van der Waals surface area contributed by atoms with Gasteiger partial charge in [0, 0.05) is 16.6 Å². The van der Waals surface area contributed by atoms with Crippen molar-refractivity contribution in [2.75, 3.05) is 0 Å². The topological polar surface area (TPSA) is 36.0 Å². The van der Waals surface area contributed by atoms with Gasteiger partial charge in [-0.2, -0.15) is 0 Å². The first-order valence-corrected chi connectivity index (χ1v) is 4.65. The molecule has 76 valence electrons. The number of benzene rings is 1. The third-order valence-corrected chi connectivity index (χ3v) is 1.85. The Morgan fingerprint density at radius 1 is 1.29 bits per heavy atom. The molecular formula is C11H14FNO. The van der Waals surface area contributed by atoms with Gasteiger partial charge in [-0.05, 0) is 25.1 Å². The maximum atomic E-state index is 13.1. The number of hydrogen-bond donors (Lipinski definition) is 2. The predicted molar refractivity (Wildman–Crippen MR) is 56.0 cm³/mol. The van der Waals surface area contributed by atoms with Gasteiger partial charge in [-0.25, -0.2) is 4.39 Å². The molecule has 0 spiro atoms. The van der Waals surface area contributed by atoms with E-state index in [1.807, 2.05) is 20.8 Å². The molecule has 1 heterocycles. The molecule has 0 aliphatic carbocycles. The summed E-state index contributed by atoms with van der Waals surface area (Å²) in [6.45, 7) is 5.84. The average Bonchev–Trinajstić information content (AvgIpc) is 2.57. The van der Waals surface area contributed by atoms with Crippen LogP contribution < -0.4 is 0 Å². The number of halogens is 1. The van der Waals surface area contributed by atoms with Crippen LogP contribution in [-0.4, -0.2) is 10.1 Å². The molecule has 14 heavy (non-hydrogen) atoms. The third kappa shape index (κ3) is 1.71. The fourth-order valence-corrected chi connectivity index (χ4v) is 1.30. The number of rotatable bonds is 0. The summed E-state index contributed by atoms with van der Waals surface area (Å²) in [6, 6.07) is 4.67. The van der Waals surface area contributed by atoms with Gasteiger partial charge >= 0.3 is 0 Å². The second-order valence-corrected chi connectivity index (χ2v) is 2.81. The van der Waals surface area contributed by atoms with Crippen molar-refractivity contribution < 1.29 is 9.50 Å². The first-order chi connectivity index (χ1) is 6.68. The summed E-state index contributed by atoms with van der Waals surface area (Å²) in [6.07, 6.45) is 0. The molecule has 2 rings (SSSR count). The number of H-pyrrole nitrogens is 1. The lowest BCUT2D eigenvalue weighted by atomic mass is 10.2. The number of fused-ring (bicyclic) bond motifs is 1. The first-order valence-electron chi connectivity index (χ1n) is 4.65. The average molecular weight is 195 g/mol. The lowest BCUT2D eigenvalue weighted by Crippen LogP contribution is -1.76. The number of aryl methyl sites for hydroxylation is 1. The molecule has 0 bridgehead atoms. The number of aromatic nitrogens is 1. The Hall–Kier alpha value is -1.51. The smallest absolute Gasteiger partial charge is 0.174 e. The van der Waals surface area contributed by atoms with Crippen molar-refractivity contribution >= 4 is 10.9 Å². The van der Waals surface area contributed by atoms with Gasteiger partial charge in [-0.3, -0.25) is 0 Å². The van der Waals surface area contributed by atoms with Crippen molar-refractivity contribution in [1.82, 2.24) is 4.98 Å². The Morgan fingerprint density at radius 3 is 2.57 bits per heavy atom. The number of aromatic hydroxyl groups is 1. The summed E-state index contributed by atoms with van der Waals surface area (Å²) >= 11 is 0. The highest BCUT2D eigenvalue weighted by Gasteiger charge is 2.07. The quantitative estimate of drug-likeness (QED) is 0.664. The van der Waals surface area contributed by atoms with E-state index in [-0.39, 0.29) is 5.75 Å². The number of hydrogen-bond acceptors (Lipinski definition) is 1. The molecular weight excluding hydrogens is 181 g/mol. The van der Waals surface area contributed by atoms with Crippen LogP contribution in [-0.2, 0) is 0 Å². The van der Waals surface area contributed by atoms with Crippen LogP contribution in [0.1, 0.15) is 19.5 Å². The molecule has 0 fully saturated rings. The van der Waals surface area contributed by atoms with E-state index in [2.05, 4.69) is 4.98 Å². The Balaban J connectivity index is 0.000000461. The molecule has 2 aromatic rings. The molecule has 0 radical (unpaired) electrons. The van der Waals surface area contributed by atoms with Gasteiger partial charge in [0.2, 0.25) is 0 Å². The Labute approximate surface area is 82.4 Å². The van der Waals surface area contributed by atoms with E-state index >= 15 is 0 Å². The van der Waals surface area contributed by atoms with Crippen molar-refractivity contribution in [1.29, 1.82) is 0 Å². The molecule has 0 aliphatic heterocycles. The van der Waals surface area contributed by atoms with Crippen LogP contribution in [0.2, 0.25) is 0 Å². The molecule has 3 heteroatoms. The van der Waals surface area contributed by atoms with E-state index in [1.165, 1.54) is 6.07 Å². The van der Waals surface area contributed by atoms with E-state index in [4.69, 9.17) is 5.11 Å². The summed E-state index contributed by atoms with van der Waals surface area (Å²) in [5, 5.41) is 9.48. The van der Waals surface area contributed by atoms with Gasteiger partial charge in [0.05, 0.1) is 0 Å². The molecule has 0 aliphatic rings. The molecule has 1 aromatic heterocycles. The van der Waals surface area contributed by atoms with Gasteiger partial charge < -0.3 is 10.1 Å². The van der Waals surface area contributed by atoms with Crippen molar-refractivity contribution in [3.8, 4) is 5.75 Å². The second-order valence-electron chi connectivity index (χ2n) is 2.81. The normalized spacial score (nSPS) is 9.71. The van der Waals surface area contributed by atoms with Crippen LogP contribution >= 0.6 is 0 Å². The predicted octanol–water partition coefficient (Wildman–Crippen LogP) is 3.35. The second kappa shape index (κ2) is 4.13. The Bertz CT molecular complexity index is 434. The van der Waals surface area contributed by atoms with Gasteiger partial charge in [-0.15, -0.1) is 0 Å². The van der Waals surface area contributed by atoms with Gasteiger partial charge in [0.1, 0.15) is 0 Å². The summed E-state index contributed by atoms with van der Waals surface area (Å²) in [7, 11) is 0. The van der Waals surface area contributed by atoms with E-state index in [9.17, 15) is 4.39 Å². The largest absolute Gasteiger partial charge is 0.505 e. The maximum Gasteiger partial charge on any atom is 0.174 e. The fourth-order valence-electron chi connectivity index (χ4n) is 1.30. The molecule has 0 amide bonds. The molecule has 2 nitrogen and oxygen atoms in total. The zero-order valence-electron chi connectivity index (χ0n) is 8.56. The molecule has 0 saturated heterocycles. The zero-order valence-corrected chi connectivity index (χ0v) is 8.56. The zero-order chi connectivity index (χ0) is 10.7. The van der Waals surface area contributed by atoms with Crippen molar-refractivity contribution in [2.24, 2.45) is 0 Å². The monoisotopic (exact) mass is 195 g/mol. The Kier molecular flexibility index (Phi) is 3.12. The summed E-state index contributed by atoms with van der Waals surface area (Å²) < 4.78 is 13.1. The van der Waals surface area contributed by atoms with Crippen LogP contribution in [0.15, 0.2) is 18.2 Å².